The van der Waals surface area contributed by atoms with Crippen LogP contribution in [0.3, 0.4) is 0 Å². The van der Waals surface area contributed by atoms with Crippen molar-refractivity contribution in [1.29, 1.82) is 0 Å². The molecule has 5 rings (SSSR count). The van der Waals surface area contributed by atoms with Gasteiger partial charge >= 0.3 is 0 Å². The van der Waals surface area contributed by atoms with Crippen molar-refractivity contribution in [3.63, 3.8) is 0 Å². The monoisotopic (exact) mass is 431 g/mol. The largest absolute Gasteiger partial charge is 0.492 e. The van der Waals surface area contributed by atoms with E-state index in [1.54, 1.807) is 0 Å². The zero-order valence-electron chi connectivity index (χ0n) is 19.2. The number of aromatic nitrogens is 2. The van der Waals surface area contributed by atoms with E-state index >= 15 is 0 Å². The zero-order valence-corrected chi connectivity index (χ0v) is 19.2. The smallest absolute Gasteiger partial charge is 0.223 e. The summed E-state index contributed by atoms with van der Waals surface area (Å²) >= 11 is 0. The second-order valence-corrected chi connectivity index (χ2v) is 9.57. The number of amides is 1. The molecule has 0 radical (unpaired) electrons. The molecule has 1 saturated carbocycles. The van der Waals surface area contributed by atoms with Crippen LogP contribution in [0.2, 0.25) is 0 Å². The minimum absolute atomic E-state index is 0.154. The van der Waals surface area contributed by atoms with Gasteiger partial charge in [0.15, 0.2) is 0 Å². The van der Waals surface area contributed by atoms with E-state index in [1.165, 1.54) is 18.4 Å². The van der Waals surface area contributed by atoms with Gasteiger partial charge in [-0.15, -0.1) is 0 Å². The highest BCUT2D eigenvalue weighted by Crippen LogP contribution is 2.35. The van der Waals surface area contributed by atoms with E-state index in [1.807, 2.05) is 6.07 Å². The first kappa shape index (κ1) is 21.0. The van der Waals surface area contributed by atoms with Gasteiger partial charge in [0.1, 0.15) is 18.2 Å². The summed E-state index contributed by atoms with van der Waals surface area (Å²) in [5.41, 5.74) is 3.43. The highest BCUT2D eigenvalue weighted by atomic mass is 16.5. The summed E-state index contributed by atoms with van der Waals surface area (Å²) < 4.78 is 8.35. The molecule has 1 aliphatic carbocycles. The minimum atomic E-state index is 0.154. The standard InChI is InChI=1S/C27H33N3O2/c1-19(2)20-11-13-23(14-12-20)32-16-15-29-25-10-6-5-9-24(25)28-27(29)21-17-26(31)30(18-21)22-7-3-4-8-22/h5-6,9-14,19,21-22H,3-4,7-8,15-18H2,1-2H3. The number of hydrogen-bond donors (Lipinski definition) is 0. The number of para-hydroxylation sites is 2. The number of carbonyl (C=O) groups is 1. The predicted octanol–water partition coefficient (Wildman–Crippen LogP) is 5.50. The molecule has 2 heterocycles. The molecule has 0 N–H and O–H groups in total. The molecule has 1 aliphatic heterocycles. The maximum Gasteiger partial charge on any atom is 0.223 e. The van der Waals surface area contributed by atoms with Gasteiger partial charge in [-0.1, -0.05) is 51.0 Å². The molecular weight excluding hydrogens is 398 g/mol. The average Bonchev–Trinajstić information content (AvgIpc) is 3.53. The Morgan fingerprint density at radius 3 is 2.56 bits per heavy atom. The lowest BCUT2D eigenvalue weighted by atomic mass is 10.0. The summed E-state index contributed by atoms with van der Waals surface area (Å²) in [6, 6.07) is 17.1. The van der Waals surface area contributed by atoms with Crippen LogP contribution in [0.15, 0.2) is 48.5 Å². The Kier molecular flexibility index (Phi) is 5.90. The van der Waals surface area contributed by atoms with E-state index in [-0.39, 0.29) is 5.92 Å². The fourth-order valence-corrected chi connectivity index (χ4v) is 5.32. The Morgan fingerprint density at radius 1 is 1.06 bits per heavy atom. The van der Waals surface area contributed by atoms with Crippen LogP contribution in [0.4, 0.5) is 0 Å². The Hall–Kier alpha value is -2.82. The third kappa shape index (κ3) is 4.13. The SMILES string of the molecule is CC(C)c1ccc(OCCn2c(C3CC(=O)N(C4CCCC4)C3)nc3ccccc32)cc1. The van der Waals surface area contributed by atoms with E-state index in [0.717, 1.165) is 48.5 Å². The highest BCUT2D eigenvalue weighted by Gasteiger charge is 2.38. The number of rotatable bonds is 7. The van der Waals surface area contributed by atoms with Crippen molar-refractivity contribution in [2.24, 2.45) is 0 Å². The summed E-state index contributed by atoms with van der Waals surface area (Å²) in [6.07, 6.45) is 5.36. The van der Waals surface area contributed by atoms with Gasteiger partial charge in [0.2, 0.25) is 5.91 Å². The van der Waals surface area contributed by atoms with E-state index in [2.05, 4.69) is 65.8 Å². The summed E-state index contributed by atoms with van der Waals surface area (Å²) in [5.74, 6) is 2.88. The molecule has 1 unspecified atom stereocenters. The Balaban J connectivity index is 1.33. The molecule has 0 bridgehead atoms. The van der Waals surface area contributed by atoms with Crippen molar-refractivity contribution < 1.29 is 9.53 Å². The number of fused-ring (bicyclic) bond motifs is 1. The number of imidazole rings is 1. The lowest BCUT2D eigenvalue weighted by Crippen LogP contribution is -2.34. The van der Waals surface area contributed by atoms with Crippen LogP contribution >= 0.6 is 0 Å². The van der Waals surface area contributed by atoms with Gasteiger partial charge in [0, 0.05) is 24.9 Å². The zero-order chi connectivity index (χ0) is 22.1. The molecule has 2 fully saturated rings. The first-order valence-corrected chi connectivity index (χ1v) is 12.1. The fraction of sp³-hybridized carbons (Fsp3) is 0.481. The summed E-state index contributed by atoms with van der Waals surface area (Å²) in [7, 11) is 0. The van der Waals surface area contributed by atoms with Gasteiger partial charge in [-0.3, -0.25) is 4.79 Å². The number of carbonyl (C=O) groups excluding carboxylic acids is 1. The van der Waals surface area contributed by atoms with Crippen molar-refractivity contribution >= 4 is 16.9 Å². The predicted molar refractivity (Wildman–Crippen MR) is 127 cm³/mol. The normalized spacial score (nSPS) is 19.5. The fourth-order valence-electron chi connectivity index (χ4n) is 5.32. The first-order chi connectivity index (χ1) is 15.6. The topological polar surface area (TPSA) is 47.4 Å². The Morgan fingerprint density at radius 2 is 1.81 bits per heavy atom. The summed E-state index contributed by atoms with van der Waals surface area (Å²) in [6.45, 7) is 6.48. The van der Waals surface area contributed by atoms with Crippen LogP contribution in [0.5, 0.6) is 5.75 Å². The molecule has 1 amide bonds. The third-order valence-corrected chi connectivity index (χ3v) is 7.10. The number of likely N-dealkylation sites (tertiary alicyclic amines) is 1. The maximum atomic E-state index is 12.8. The lowest BCUT2D eigenvalue weighted by Gasteiger charge is -2.24. The molecule has 168 valence electrons. The third-order valence-electron chi connectivity index (χ3n) is 7.10. The lowest BCUT2D eigenvalue weighted by molar-refractivity contribution is -0.129. The Bertz CT molecular complexity index is 1080. The number of benzene rings is 2. The second-order valence-electron chi connectivity index (χ2n) is 9.57. The minimum Gasteiger partial charge on any atom is -0.492 e. The summed E-state index contributed by atoms with van der Waals surface area (Å²) in [4.78, 5) is 19.9. The van der Waals surface area contributed by atoms with Gasteiger partial charge in [-0.2, -0.15) is 0 Å². The molecule has 2 aliphatic rings. The number of ether oxygens (including phenoxy) is 1. The van der Waals surface area contributed by atoms with Gasteiger partial charge in [-0.05, 0) is 48.6 Å². The molecule has 3 aromatic rings. The van der Waals surface area contributed by atoms with E-state index in [0.29, 0.717) is 30.9 Å². The van der Waals surface area contributed by atoms with Crippen molar-refractivity contribution in [3.05, 3.63) is 59.9 Å². The first-order valence-electron chi connectivity index (χ1n) is 12.1. The van der Waals surface area contributed by atoms with Crippen molar-refractivity contribution in [2.45, 2.75) is 70.4 Å². The molecule has 5 heteroatoms. The van der Waals surface area contributed by atoms with Gasteiger partial charge in [-0.25, -0.2) is 4.98 Å². The maximum absolute atomic E-state index is 12.8. The van der Waals surface area contributed by atoms with Crippen LogP contribution in [0.25, 0.3) is 11.0 Å². The van der Waals surface area contributed by atoms with Crippen molar-refractivity contribution in [2.75, 3.05) is 13.2 Å². The second kappa shape index (κ2) is 8.97. The molecule has 1 aromatic heterocycles. The van der Waals surface area contributed by atoms with Crippen LogP contribution < -0.4 is 4.74 Å². The summed E-state index contributed by atoms with van der Waals surface area (Å²) in [5, 5.41) is 0. The van der Waals surface area contributed by atoms with Crippen LogP contribution in [0.1, 0.15) is 69.2 Å². The van der Waals surface area contributed by atoms with Gasteiger partial charge in [0.05, 0.1) is 17.6 Å². The average molecular weight is 432 g/mol. The van der Waals surface area contributed by atoms with Crippen LogP contribution in [-0.2, 0) is 11.3 Å². The molecular formula is C27H33N3O2. The van der Waals surface area contributed by atoms with Crippen LogP contribution in [-0.4, -0.2) is 39.6 Å². The molecule has 5 nitrogen and oxygen atoms in total. The Labute approximate surface area is 190 Å². The van der Waals surface area contributed by atoms with Crippen LogP contribution in [0, 0.1) is 0 Å². The van der Waals surface area contributed by atoms with E-state index in [9.17, 15) is 4.79 Å². The van der Waals surface area contributed by atoms with Gasteiger partial charge < -0.3 is 14.2 Å². The molecule has 0 spiro atoms. The molecule has 2 aromatic carbocycles. The molecule has 32 heavy (non-hydrogen) atoms. The molecule has 1 saturated heterocycles. The number of nitrogens with zero attached hydrogens (tertiary/aromatic N) is 3. The molecule has 1 atom stereocenters. The van der Waals surface area contributed by atoms with Crippen molar-refractivity contribution in [1.82, 2.24) is 14.5 Å². The highest BCUT2D eigenvalue weighted by molar-refractivity contribution is 5.81. The van der Waals surface area contributed by atoms with E-state index in [4.69, 9.17) is 9.72 Å². The number of hydrogen-bond acceptors (Lipinski definition) is 3. The van der Waals surface area contributed by atoms with Gasteiger partial charge in [0.25, 0.3) is 0 Å². The van der Waals surface area contributed by atoms with E-state index < -0.39 is 0 Å². The quantitative estimate of drug-likeness (QED) is 0.496. The van der Waals surface area contributed by atoms with Crippen molar-refractivity contribution in [3.8, 4) is 5.75 Å².